The van der Waals surface area contributed by atoms with Crippen molar-refractivity contribution in [2.24, 2.45) is 0 Å². The summed E-state index contributed by atoms with van der Waals surface area (Å²) in [4.78, 5) is 0.935. The first-order valence-electron chi connectivity index (χ1n) is 8.99. The highest BCUT2D eigenvalue weighted by Crippen LogP contribution is 2.62. The van der Waals surface area contributed by atoms with E-state index >= 15 is 0 Å². The minimum absolute atomic E-state index is 0.117. The lowest BCUT2D eigenvalue weighted by atomic mass is 10.1. The second-order valence-corrected chi connectivity index (χ2v) is 11.5. The van der Waals surface area contributed by atoms with Crippen LogP contribution in [0, 0.1) is 0 Å². The molecule has 1 aliphatic rings. The van der Waals surface area contributed by atoms with Gasteiger partial charge in [0.1, 0.15) is 5.75 Å². The van der Waals surface area contributed by atoms with Crippen molar-refractivity contribution in [2.45, 2.75) is 63.2 Å². The summed E-state index contributed by atoms with van der Waals surface area (Å²) in [6.45, 7) is 2.17. The Morgan fingerprint density at radius 1 is 1.00 bits per heavy atom. The van der Waals surface area contributed by atoms with Gasteiger partial charge in [0, 0.05) is 16.4 Å². The van der Waals surface area contributed by atoms with Crippen LogP contribution in [0.3, 0.4) is 0 Å². The van der Waals surface area contributed by atoms with E-state index < -0.39 is 20.4 Å². The maximum atomic E-state index is 12.5. The van der Waals surface area contributed by atoms with E-state index in [-0.39, 0.29) is 11.5 Å². The van der Waals surface area contributed by atoms with E-state index in [2.05, 4.69) is 6.92 Å². The van der Waals surface area contributed by atoms with Gasteiger partial charge in [0.2, 0.25) is 0 Å². The molecular formula is C18H30O4S2. The molecule has 24 heavy (non-hydrogen) atoms. The fourth-order valence-electron chi connectivity index (χ4n) is 3.10. The molecule has 0 amide bonds. The van der Waals surface area contributed by atoms with E-state index in [9.17, 15) is 13.5 Å². The van der Waals surface area contributed by atoms with Gasteiger partial charge in [0.05, 0.1) is 5.75 Å². The molecule has 1 saturated heterocycles. The van der Waals surface area contributed by atoms with Crippen molar-refractivity contribution in [1.29, 1.82) is 0 Å². The molecule has 1 aliphatic heterocycles. The minimum Gasteiger partial charge on any atom is -0.508 e. The van der Waals surface area contributed by atoms with Crippen molar-refractivity contribution >= 4 is 20.4 Å². The van der Waals surface area contributed by atoms with Crippen molar-refractivity contribution in [3.63, 3.8) is 0 Å². The summed E-state index contributed by atoms with van der Waals surface area (Å²) in [5, 5.41) is 9.47. The lowest BCUT2D eigenvalue weighted by Crippen LogP contribution is -2.17. The molecule has 0 radical (unpaired) electrons. The van der Waals surface area contributed by atoms with E-state index in [0.29, 0.717) is 6.42 Å². The van der Waals surface area contributed by atoms with Crippen LogP contribution < -0.4 is 0 Å². The van der Waals surface area contributed by atoms with Crippen LogP contribution in [-0.2, 0) is 13.7 Å². The monoisotopic (exact) mass is 374 g/mol. The zero-order valence-electron chi connectivity index (χ0n) is 14.6. The van der Waals surface area contributed by atoms with Crippen LogP contribution in [-0.4, -0.2) is 30.8 Å². The summed E-state index contributed by atoms with van der Waals surface area (Å²) in [6, 6.07) is 6.87. The van der Waals surface area contributed by atoms with Gasteiger partial charge in [0.15, 0.2) is 0 Å². The number of benzene rings is 1. The average Bonchev–Trinajstić information content (AvgIpc) is 3.00. The Hall–Kier alpha value is -0.720. The molecule has 2 rings (SSSR count). The maximum Gasteiger partial charge on any atom is 0.276 e. The number of hydrogen-bond acceptors (Lipinski definition) is 4. The molecule has 0 bridgehead atoms. The zero-order valence-corrected chi connectivity index (χ0v) is 16.2. The smallest absolute Gasteiger partial charge is 0.276 e. The Morgan fingerprint density at radius 2 is 1.58 bits per heavy atom. The Kier molecular flexibility index (Phi) is 7.44. The third-order valence-electron chi connectivity index (χ3n) is 4.45. The van der Waals surface area contributed by atoms with Crippen LogP contribution in [0.1, 0.15) is 58.3 Å². The lowest BCUT2D eigenvalue weighted by Gasteiger charge is -2.34. The summed E-state index contributed by atoms with van der Waals surface area (Å²) in [6.07, 6.45) is 8.32. The molecule has 0 unspecified atom stereocenters. The van der Waals surface area contributed by atoms with Crippen molar-refractivity contribution in [3.8, 4) is 5.75 Å². The number of hydrogen-bond donors (Lipinski definition) is 1. The summed E-state index contributed by atoms with van der Waals surface area (Å²) >= 11 is 0. The standard InChI is InChI=1S/C18H30O4S2/c1-2-3-4-5-6-7-16-24(20,21)22-23(14-8-9-15-23)18-12-10-17(19)11-13-18/h10-13,19H,2-9,14-16H2,1H3. The van der Waals surface area contributed by atoms with Crippen molar-refractivity contribution in [3.05, 3.63) is 24.3 Å². The Balaban J connectivity index is 1.95. The molecule has 0 aromatic heterocycles. The third-order valence-corrected chi connectivity index (χ3v) is 10.1. The fraction of sp³-hybridized carbons (Fsp3) is 0.667. The third kappa shape index (κ3) is 5.67. The van der Waals surface area contributed by atoms with Gasteiger partial charge in [-0.2, -0.15) is 8.42 Å². The molecule has 4 nitrogen and oxygen atoms in total. The molecule has 0 spiro atoms. The summed E-state index contributed by atoms with van der Waals surface area (Å²) in [7, 11) is -5.26. The Morgan fingerprint density at radius 3 is 2.21 bits per heavy atom. The van der Waals surface area contributed by atoms with Crippen molar-refractivity contribution in [1.82, 2.24) is 0 Å². The van der Waals surface area contributed by atoms with Crippen LogP contribution in [0.2, 0.25) is 0 Å². The molecule has 1 fully saturated rings. The predicted molar refractivity (Wildman–Crippen MR) is 101 cm³/mol. The second-order valence-electron chi connectivity index (χ2n) is 6.52. The van der Waals surface area contributed by atoms with E-state index in [0.717, 1.165) is 42.1 Å². The predicted octanol–water partition coefficient (Wildman–Crippen LogP) is 4.97. The van der Waals surface area contributed by atoms with Gasteiger partial charge in [-0.05, 0) is 43.5 Å². The number of aromatic hydroxyl groups is 1. The van der Waals surface area contributed by atoms with Crippen LogP contribution in [0.4, 0.5) is 0 Å². The second kappa shape index (κ2) is 9.11. The van der Waals surface area contributed by atoms with E-state index in [1.165, 1.54) is 19.3 Å². The van der Waals surface area contributed by atoms with Gasteiger partial charge < -0.3 is 5.11 Å². The van der Waals surface area contributed by atoms with Crippen LogP contribution >= 0.6 is 10.3 Å². The van der Waals surface area contributed by atoms with Crippen LogP contribution in [0.25, 0.3) is 0 Å². The van der Waals surface area contributed by atoms with Gasteiger partial charge in [-0.1, -0.05) is 49.3 Å². The van der Waals surface area contributed by atoms with Gasteiger partial charge in [0.25, 0.3) is 10.1 Å². The molecule has 0 aliphatic carbocycles. The normalized spacial score (nSPS) is 18.5. The minimum atomic E-state index is -3.50. The summed E-state index contributed by atoms with van der Waals surface area (Å²) in [5.41, 5.74) is 0. The maximum absolute atomic E-state index is 12.5. The highest BCUT2D eigenvalue weighted by Gasteiger charge is 2.36. The first kappa shape index (κ1) is 19.6. The zero-order chi connectivity index (χ0) is 17.5. The molecule has 1 N–H and O–H groups in total. The van der Waals surface area contributed by atoms with E-state index in [1.54, 1.807) is 12.1 Å². The molecule has 138 valence electrons. The summed E-state index contributed by atoms with van der Waals surface area (Å²) < 4.78 is 30.8. The van der Waals surface area contributed by atoms with Crippen molar-refractivity contribution in [2.75, 3.05) is 17.3 Å². The Bertz CT molecular complexity index is 590. The molecule has 0 saturated carbocycles. The topological polar surface area (TPSA) is 63.6 Å². The molecule has 1 heterocycles. The van der Waals surface area contributed by atoms with Gasteiger partial charge in [-0.25, -0.2) is 3.63 Å². The average molecular weight is 375 g/mol. The van der Waals surface area contributed by atoms with Gasteiger partial charge in [-0.3, -0.25) is 0 Å². The Labute approximate surface area is 148 Å². The first-order valence-corrected chi connectivity index (χ1v) is 12.5. The number of phenolic OH excluding ortho intramolecular Hbond substituents is 1. The quantitative estimate of drug-likeness (QED) is 0.587. The number of rotatable bonds is 10. The fourth-order valence-corrected chi connectivity index (χ4v) is 9.03. The van der Waals surface area contributed by atoms with Crippen LogP contribution in [0.15, 0.2) is 29.2 Å². The van der Waals surface area contributed by atoms with Gasteiger partial charge >= 0.3 is 0 Å². The molecular weight excluding hydrogens is 344 g/mol. The van der Waals surface area contributed by atoms with Crippen molar-refractivity contribution < 1.29 is 17.2 Å². The lowest BCUT2D eigenvalue weighted by molar-refractivity contribution is 0.475. The molecule has 1 aromatic carbocycles. The summed E-state index contributed by atoms with van der Waals surface area (Å²) in [5.74, 6) is 1.91. The number of unbranched alkanes of at least 4 members (excludes halogenated alkanes) is 5. The highest BCUT2D eigenvalue weighted by atomic mass is 32.3. The van der Waals surface area contributed by atoms with E-state index in [4.69, 9.17) is 3.63 Å². The largest absolute Gasteiger partial charge is 0.508 e. The highest BCUT2D eigenvalue weighted by molar-refractivity contribution is 8.33. The van der Waals surface area contributed by atoms with Gasteiger partial charge in [-0.15, -0.1) is 0 Å². The van der Waals surface area contributed by atoms with Crippen LogP contribution in [0.5, 0.6) is 5.75 Å². The molecule has 1 aromatic rings. The number of phenols is 1. The molecule has 0 atom stereocenters. The first-order chi connectivity index (χ1) is 11.5. The van der Waals surface area contributed by atoms with E-state index in [1.807, 2.05) is 12.1 Å². The SMILES string of the molecule is CCCCCCCCS(=O)(=O)OS1(c2ccc(O)cc2)CCCC1. The molecule has 6 heteroatoms.